The first kappa shape index (κ1) is 36.8. The number of carboxylic acids is 2. The number of carbonyl (C=O) groups is 5. The molecule has 6 N–H and O–H groups in total. The monoisotopic (exact) mass is 644 g/mol. The first-order valence-electron chi connectivity index (χ1n) is 14.1. The van der Waals surface area contributed by atoms with Crippen LogP contribution >= 0.6 is 0 Å². The average Bonchev–Trinajstić information content (AvgIpc) is 3.02. The fourth-order valence-corrected chi connectivity index (χ4v) is 4.00. The van der Waals surface area contributed by atoms with Crippen LogP contribution in [0.2, 0.25) is 0 Å². The van der Waals surface area contributed by atoms with Gasteiger partial charge >= 0.3 is 24.1 Å². The summed E-state index contributed by atoms with van der Waals surface area (Å²) in [4.78, 5) is 56.9. The summed E-state index contributed by atoms with van der Waals surface area (Å²) in [6, 6.07) is 25.4. The van der Waals surface area contributed by atoms with Crippen molar-refractivity contribution < 1.29 is 47.4 Å². The van der Waals surface area contributed by atoms with Crippen LogP contribution < -0.4 is 21.3 Å². The fraction of sp³-hybridized carbons (Fsp3) is 0.281. The summed E-state index contributed by atoms with van der Waals surface area (Å²) in [5, 5.41) is 27.2. The Labute approximate surface area is 263 Å². The molecule has 0 aliphatic rings. The summed E-state index contributed by atoms with van der Waals surface area (Å²) in [5.41, 5.74) is 3.65. The summed E-state index contributed by atoms with van der Waals surface area (Å²) in [7, 11) is 0. The molecule has 4 amide bonds. The molecule has 14 heteroatoms. The van der Waals surface area contributed by atoms with Crippen molar-refractivity contribution in [1.82, 2.24) is 21.3 Å². The Kier molecular flexibility index (Phi) is 14.7. The molecule has 1 unspecified atom stereocenters. The predicted octanol–water partition coefficient (Wildman–Crippen LogP) is 4.58. The second-order valence-electron chi connectivity index (χ2n) is 9.92. The Morgan fingerprint density at radius 3 is 1.80 bits per heavy atom. The minimum Gasteiger partial charge on any atom is -0.481 e. The molecule has 0 spiro atoms. The topological polar surface area (TPSA) is 174 Å². The van der Waals surface area contributed by atoms with Gasteiger partial charge in [-0.2, -0.15) is 13.2 Å². The lowest BCUT2D eigenvalue weighted by atomic mass is 9.99. The van der Waals surface area contributed by atoms with E-state index in [9.17, 15) is 37.5 Å². The first-order chi connectivity index (χ1) is 21.8. The minimum absolute atomic E-state index is 0.126. The van der Waals surface area contributed by atoms with Crippen molar-refractivity contribution in [3.05, 3.63) is 96.1 Å². The zero-order valence-electron chi connectivity index (χ0n) is 24.8. The van der Waals surface area contributed by atoms with Crippen molar-refractivity contribution >= 4 is 29.8 Å². The van der Waals surface area contributed by atoms with Crippen molar-refractivity contribution in [2.75, 3.05) is 13.1 Å². The van der Waals surface area contributed by atoms with Gasteiger partial charge in [0, 0.05) is 13.0 Å². The van der Waals surface area contributed by atoms with Crippen molar-refractivity contribution in [3.8, 4) is 11.1 Å². The summed E-state index contributed by atoms with van der Waals surface area (Å²) in [6.07, 6.45) is -4.85. The molecule has 3 aromatic rings. The Hall–Kier alpha value is -5.40. The summed E-state index contributed by atoms with van der Waals surface area (Å²) < 4.78 is 31.7. The number of amides is 4. The van der Waals surface area contributed by atoms with Gasteiger partial charge in [0.25, 0.3) is 0 Å². The minimum atomic E-state index is -5.08. The molecular weight excluding hydrogens is 609 g/mol. The molecule has 0 radical (unpaired) electrons. The lowest BCUT2D eigenvalue weighted by Crippen LogP contribution is -2.40. The molecule has 0 bridgehead atoms. The molecule has 0 fully saturated rings. The van der Waals surface area contributed by atoms with Crippen LogP contribution in [0.25, 0.3) is 11.1 Å². The quantitative estimate of drug-likeness (QED) is 0.148. The van der Waals surface area contributed by atoms with Gasteiger partial charge in [-0.3, -0.25) is 14.4 Å². The van der Waals surface area contributed by atoms with E-state index in [1.807, 2.05) is 79.7 Å². The number of halogens is 3. The number of hydrogen-bond donors (Lipinski definition) is 6. The van der Waals surface area contributed by atoms with Gasteiger partial charge in [0.2, 0.25) is 11.8 Å². The van der Waals surface area contributed by atoms with E-state index < -0.39 is 30.1 Å². The number of alkyl halides is 3. The number of rotatable bonds is 13. The van der Waals surface area contributed by atoms with Crippen LogP contribution in [0.5, 0.6) is 0 Å². The molecule has 0 aromatic heterocycles. The maximum Gasteiger partial charge on any atom is 0.490 e. The van der Waals surface area contributed by atoms with Crippen molar-refractivity contribution in [2.24, 2.45) is 0 Å². The average molecular weight is 645 g/mol. The highest BCUT2D eigenvalue weighted by molar-refractivity contribution is 5.85. The number of urea groups is 1. The maximum absolute atomic E-state index is 12.5. The van der Waals surface area contributed by atoms with Gasteiger partial charge in [-0.15, -0.1) is 0 Å². The molecule has 46 heavy (non-hydrogen) atoms. The van der Waals surface area contributed by atoms with E-state index in [0.717, 1.165) is 16.7 Å². The zero-order valence-corrected chi connectivity index (χ0v) is 24.8. The fourth-order valence-electron chi connectivity index (χ4n) is 4.00. The molecule has 0 saturated heterocycles. The molecular formula is C32H35F3N4O7. The van der Waals surface area contributed by atoms with Crippen molar-refractivity contribution in [3.63, 3.8) is 0 Å². The van der Waals surface area contributed by atoms with Crippen LogP contribution in [0.15, 0.2) is 84.9 Å². The second-order valence-corrected chi connectivity index (χ2v) is 9.92. The summed E-state index contributed by atoms with van der Waals surface area (Å²) in [6.45, 7) is 1.90. The normalized spacial score (nSPS) is 11.9. The van der Waals surface area contributed by atoms with Crippen LogP contribution in [0.1, 0.15) is 49.4 Å². The Bertz CT molecular complexity index is 1440. The zero-order chi connectivity index (χ0) is 34.1. The summed E-state index contributed by atoms with van der Waals surface area (Å²) >= 11 is 0. The Morgan fingerprint density at radius 2 is 1.26 bits per heavy atom. The molecule has 3 aromatic carbocycles. The van der Waals surface area contributed by atoms with Gasteiger partial charge in [0.1, 0.15) is 0 Å². The predicted molar refractivity (Wildman–Crippen MR) is 162 cm³/mol. The molecule has 0 aliphatic heterocycles. The van der Waals surface area contributed by atoms with E-state index in [2.05, 4.69) is 21.3 Å². The molecule has 0 saturated carbocycles. The highest BCUT2D eigenvalue weighted by atomic mass is 19.4. The molecule has 11 nitrogen and oxygen atoms in total. The maximum atomic E-state index is 12.5. The van der Waals surface area contributed by atoms with Crippen LogP contribution in [0, 0.1) is 0 Å². The van der Waals surface area contributed by atoms with Crippen LogP contribution in [0.4, 0.5) is 18.0 Å². The Balaban J connectivity index is 0.000000942. The second kappa shape index (κ2) is 18.4. The third kappa shape index (κ3) is 13.9. The number of carboxylic acid groups (broad SMARTS) is 2. The van der Waals surface area contributed by atoms with Crippen molar-refractivity contribution in [1.29, 1.82) is 0 Å². The number of nitrogens with one attached hydrogen (secondary N) is 4. The number of carbonyl (C=O) groups excluding carboxylic acids is 3. The van der Waals surface area contributed by atoms with E-state index in [1.165, 1.54) is 0 Å². The van der Waals surface area contributed by atoms with Crippen LogP contribution in [-0.2, 0) is 19.2 Å². The molecule has 0 aliphatic carbocycles. The highest BCUT2D eigenvalue weighted by Gasteiger charge is 2.38. The lowest BCUT2D eigenvalue weighted by molar-refractivity contribution is -0.192. The van der Waals surface area contributed by atoms with E-state index in [-0.39, 0.29) is 37.4 Å². The number of hydrogen-bond acceptors (Lipinski definition) is 5. The molecule has 3 rings (SSSR count). The smallest absolute Gasteiger partial charge is 0.481 e. The number of benzene rings is 3. The third-order valence-electron chi connectivity index (χ3n) is 6.34. The Morgan fingerprint density at radius 1 is 0.717 bits per heavy atom. The highest BCUT2D eigenvalue weighted by Crippen LogP contribution is 2.23. The molecule has 246 valence electrons. The lowest BCUT2D eigenvalue weighted by Gasteiger charge is -2.18. The van der Waals surface area contributed by atoms with Crippen molar-refractivity contribution in [2.45, 2.75) is 44.4 Å². The van der Waals surface area contributed by atoms with Gasteiger partial charge in [0.05, 0.1) is 25.0 Å². The van der Waals surface area contributed by atoms with E-state index in [1.54, 1.807) is 12.1 Å². The van der Waals surface area contributed by atoms with E-state index in [0.29, 0.717) is 18.5 Å². The summed E-state index contributed by atoms with van der Waals surface area (Å²) in [5.74, 6) is -4.64. The van der Waals surface area contributed by atoms with Gasteiger partial charge in [-0.1, -0.05) is 84.9 Å². The number of aliphatic carboxylic acids is 2. The largest absolute Gasteiger partial charge is 0.490 e. The van der Waals surface area contributed by atoms with E-state index in [4.69, 9.17) is 9.90 Å². The standard InChI is InChI=1S/C30H34N4O5.C2HF3O2/c1-21(22-9-4-2-5-10-22)33-30(39)31-18-8-13-27(35)32-20-28(36)34-26(19-29(37)38)25-16-14-24(15-17-25)23-11-6-3-7-12-23;3-2(4,5)1(6)7/h2-7,9-12,14-17,21,26H,8,13,18-20H2,1H3,(H,32,35)(H,34,36)(H,37,38)(H2,31,33,39);(H,6,7)/t21-,26?;/m1./s1. The van der Waals surface area contributed by atoms with Gasteiger partial charge in [-0.25, -0.2) is 9.59 Å². The van der Waals surface area contributed by atoms with E-state index >= 15 is 0 Å². The third-order valence-corrected chi connectivity index (χ3v) is 6.34. The van der Waals surface area contributed by atoms with Gasteiger partial charge in [0.15, 0.2) is 0 Å². The first-order valence-corrected chi connectivity index (χ1v) is 14.1. The molecule has 0 heterocycles. The van der Waals surface area contributed by atoms with Crippen LogP contribution in [0.3, 0.4) is 0 Å². The SMILES string of the molecule is C[C@@H](NC(=O)NCCCC(=O)NCC(=O)NC(CC(=O)O)c1ccc(-c2ccccc2)cc1)c1ccccc1.O=C(O)C(F)(F)F. The van der Waals surface area contributed by atoms with Gasteiger partial charge in [-0.05, 0) is 35.6 Å². The van der Waals surface area contributed by atoms with Gasteiger partial charge < -0.3 is 31.5 Å². The molecule has 2 atom stereocenters. The van der Waals surface area contributed by atoms with Crippen LogP contribution in [-0.4, -0.2) is 59.3 Å².